The zero-order chi connectivity index (χ0) is 14.5. The number of thioether (sulfide) groups is 1. The van der Waals surface area contributed by atoms with Gasteiger partial charge in [0.25, 0.3) is 0 Å². The molecule has 0 heterocycles. The van der Waals surface area contributed by atoms with Crippen LogP contribution in [0.15, 0.2) is 24.3 Å². The van der Waals surface area contributed by atoms with Gasteiger partial charge in [0.15, 0.2) is 0 Å². The molecule has 2 nitrogen and oxygen atoms in total. The fraction of sp³-hybridized carbons (Fsp3) is 0.667. The zero-order valence-corrected chi connectivity index (χ0v) is 13.7. The molecule has 2 aliphatic rings. The van der Waals surface area contributed by atoms with Gasteiger partial charge < -0.3 is 0 Å². The molecule has 0 aromatic heterocycles. The number of hydrogen-bond acceptors (Lipinski definition) is 3. The van der Waals surface area contributed by atoms with Gasteiger partial charge in [0.05, 0.1) is 0 Å². The lowest BCUT2D eigenvalue weighted by atomic mass is 9.80. The monoisotopic (exact) mass is 304 g/mol. The number of hydrogen-bond donors (Lipinski definition) is 2. The molecule has 116 valence electrons. The average molecular weight is 305 g/mol. The molecule has 3 heteroatoms. The predicted molar refractivity (Wildman–Crippen MR) is 92.6 cm³/mol. The largest absolute Gasteiger partial charge is 0.271 e. The summed E-state index contributed by atoms with van der Waals surface area (Å²) in [6.07, 6.45) is 10.8. The second-order valence-corrected chi connectivity index (χ2v) is 7.96. The summed E-state index contributed by atoms with van der Waals surface area (Å²) in [5.41, 5.74) is 6.22. The molecule has 1 aromatic rings. The molecule has 0 bridgehead atoms. The maximum absolute atomic E-state index is 5.83. The first-order valence-electron chi connectivity index (χ1n) is 8.52. The topological polar surface area (TPSA) is 38.0 Å². The van der Waals surface area contributed by atoms with Crippen molar-refractivity contribution in [3.63, 3.8) is 0 Å². The molecule has 0 aliphatic heterocycles. The molecule has 1 fully saturated rings. The molecular formula is C18H28N2S. The van der Waals surface area contributed by atoms with Gasteiger partial charge >= 0.3 is 0 Å². The summed E-state index contributed by atoms with van der Waals surface area (Å²) < 4.78 is 0. The molecular weight excluding hydrogens is 276 g/mol. The standard InChI is InChI=1S/C18H28N2S/c19-20-16(13-21-17-9-2-3-10-17)12-15-8-5-7-14-6-1-4-11-18(14)15/h1,4,6,11,15-17,20H,2-3,5,7-10,12-13,19H2. The van der Waals surface area contributed by atoms with Crippen molar-refractivity contribution in [2.75, 3.05) is 5.75 Å². The molecule has 2 aliphatic carbocycles. The van der Waals surface area contributed by atoms with Gasteiger partial charge in [0, 0.05) is 17.0 Å². The Morgan fingerprint density at radius 1 is 1.14 bits per heavy atom. The summed E-state index contributed by atoms with van der Waals surface area (Å²) in [6, 6.07) is 9.45. The number of nitrogens with one attached hydrogen (secondary N) is 1. The molecule has 0 amide bonds. The van der Waals surface area contributed by atoms with Crippen LogP contribution in [-0.2, 0) is 6.42 Å². The highest BCUT2D eigenvalue weighted by Crippen LogP contribution is 2.36. The lowest BCUT2D eigenvalue weighted by Crippen LogP contribution is -2.39. The fourth-order valence-electron chi connectivity index (χ4n) is 3.93. The number of fused-ring (bicyclic) bond motifs is 1. The predicted octanol–water partition coefficient (Wildman–Crippen LogP) is 4.00. The third-order valence-corrected chi connectivity index (χ3v) is 6.67. The van der Waals surface area contributed by atoms with Crippen LogP contribution in [0, 0.1) is 0 Å². The Balaban J connectivity index is 1.56. The highest BCUT2D eigenvalue weighted by Gasteiger charge is 2.24. The molecule has 1 saturated carbocycles. The van der Waals surface area contributed by atoms with Crippen LogP contribution in [-0.4, -0.2) is 17.0 Å². The van der Waals surface area contributed by atoms with Crippen molar-refractivity contribution in [3.8, 4) is 0 Å². The van der Waals surface area contributed by atoms with Crippen LogP contribution in [0.5, 0.6) is 0 Å². The smallest absolute Gasteiger partial charge is 0.0307 e. The Labute approximate surface area is 133 Å². The van der Waals surface area contributed by atoms with Crippen molar-refractivity contribution in [2.45, 2.75) is 68.6 Å². The van der Waals surface area contributed by atoms with Gasteiger partial charge in [0.2, 0.25) is 0 Å². The lowest BCUT2D eigenvalue weighted by Gasteiger charge is -2.29. The van der Waals surface area contributed by atoms with Crippen LogP contribution in [0.4, 0.5) is 0 Å². The number of aryl methyl sites for hydroxylation is 1. The Hall–Kier alpha value is -0.510. The van der Waals surface area contributed by atoms with Gasteiger partial charge in [-0.1, -0.05) is 37.1 Å². The van der Waals surface area contributed by atoms with E-state index in [0.717, 1.165) is 5.25 Å². The highest BCUT2D eigenvalue weighted by atomic mass is 32.2. The van der Waals surface area contributed by atoms with E-state index in [1.165, 1.54) is 57.1 Å². The Kier molecular flexibility index (Phi) is 5.61. The fourth-order valence-corrected chi connectivity index (χ4v) is 5.34. The van der Waals surface area contributed by atoms with Gasteiger partial charge in [-0.3, -0.25) is 11.3 Å². The van der Waals surface area contributed by atoms with Crippen molar-refractivity contribution < 1.29 is 0 Å². The van der Waals surface area contributed by atoms with E-state index < -0.39 is 0 Å². The maximum atomic E-state index is 5.83. The summed E-state index contributed by atoms with van der Waals surface area (Å²) in [5.74, 6) is 7.69. The van der Waals surface area contributed by atoms with Gasteiger partial charge in [-0.25, -0.2) is 0 Å². The maximum Gasteiger partial charge on any atom is 0.0307 e. The summed E-state index contributed by atoms with van der Waals surface area (Å²) in [6.45, 7) is 0. The van der Waals surface area contributed by atoms with E-state index in [1.54, 1.807) is 11.1 Å². The average Bonchev–Trinajstić information content (AvgIpc) is 3.05. The van der Waals surface area contributed by atoms with Gasteiger partial charge in [-0.05, 0) is 55.6 Å². The van der Waals surface area contributed by atoms with E-state index in [2.05, 4.69) is 41.5 Å². The molecule has 3 rings (SSSR count). The van der Waals surface area contributed by atoms with Crippen molar-refractivity contribution >= 4 is 11.8 Å². The molecule has 3 N–H and O–H groups in total. The van der Waals surface area contributed by atoms with Crippen LogP contribution >= 0.6 is 11.8 Å². The number of benzene rings is 1. The summed E-state index contributed by atoms with van der Waals surface area (Å²) in [7, 11) is 0. The Bertz CT molecular complexity index is 443. The van der Waals surface area contributed by atoms with Crippen molar-refractivity contribution in [2.24, 2.45) is 5.84 Å². The lowest BCUT2D eigenvalue weighted by molar-refractivity contribution is 0.440. The zero-order valence-electron chi connectivity index (χ0n) is 12.9. The molecule has 0 spiro atoms. The Morgan fingerprint density at radius 2 is 1.95 bits per heavy atom. The minimum atomic E-state index is 0.451. The third kappa shape index (κ3) is 4.02. The van der Waals surface area contributed by atoms with Crippen LogP contribution in [0.2, 0.25) is 0 Å². The van der Waals surface area contributed by atoms with Crippen molar-refractivity contribution in [1.29, 1.82) is 0 Å². The molecule has 2 unspecified atom stereocenters. The van der Waals surface area contributed by atoms with Crippen LogP contribution in [0.3, 0.4) is 0 Å². The first kappa shape index (κ1) is 15.4. The number of rotatable bonds is 6. The van der Waals surface area contributed by atoms with Crippen molar-refractivity contribution in [1.82, 2.24) is 5.43 Å². The second kappa shape index (κ2) is 7.66. The summed E-state index contributed by atoms with van der Waals surface area (Å²) in [4.78, 5) is 0. The first-order valence-corrected chi connectivity index (χ1v) is 9.57. The molecule has 2 atom stereocenters. The van der Waals surface area contributed by atoms with E-state index in [9.17, 15) is 0 Å². The second-order valence-electron chi connectivity index (χ2n) is 6.63. The first-order chi connectivity index (χ1) is 10.4. The SMILES string of the molecule is NNC(CSC1CCCC1)CC1CCCc2ccccc21. The minimum absolute atomic E-state index is 0.451. The van der Waals surface area contributed by atoms with Gasteiger partial charge in [0.1, 0.15) is 0 Å². The third-order valence-electron chi connectivity index (χ3n) is 5.13. The van der Waals surface area contributed by atoms with Crippen LogP contribution in [0.1, 0.15) is 62.0 Å². The number of hydrazine groups is 1. The van der Waals surface area contributed by atoms with E-state index in [4.69, 9.17) is 5.84 Å². The highest BCUT2D eigenvalue weighted by molar-refractivity contribution is 7.99. The Morgan fingerprint density at radius 3 is 2.76 bits per heavy atom. The quantitative estimate of drug-likeness (QED) is 0.616. The van der Waals surface area contributed by atoms with Gasteiger partial charge in [-0.15, -0.1) is 0 Å². The number of nitrogens with two attached hydrogens (primary N) is 1. The molecule has 1 aromatic carbocycles. The van der Waals surface area contributed by atoms with E-state index in [0.29, 0.717) is 12.0 Å². The normalized spacial score (nSPS) is 24.0. The summed E-state index contributed by atoms with van der Waals surface area (Å²) in [5, 5.41) is 0.888. The van der Waals surface area contributed by atoms with E-state index in [1.807, 2.05) is 0 Å². The van der Waals surface area contributed by atoms with E-state index in [-0.39, 0.29) is 0 Å². The summed E-state index contributed by atoms with van der Waals surface area (Å²) >= 11 is 2.14. The van der Waals surface area contributed by atoms with Crippen molar-refractivity contribution in [3.05, 3.63) is 35.4 Å². The van der Waals surface area contributed by atoms with Crippen LogP contribution in [0.25, 0.3) is 0 Å². The molecule has 21 heavy (non-hydrogen) atoms. The van der Waals surface area contributed by atoms with E-state index >= 15 is 0 Å². The van der Waals surface area contributed by atoms with Gasteiger partial charge in [-0.2, -0.15) is 11.8 Å². The minimum Gasteiger partial charge on any atom is -0.271 e. The molecule has 0 radical (unpaired) electrons. The molecule has 0 saturated heterocycles. The van der Waals surface area contributed by atoms with Crippen LogP contribution < -0.4 is 11.3 Å².